The third-order valence-corrected chi connectivity index (χ3v) is 3.47. The number of hydrogen-bond acceptors (Lipinski definition) is 3. The molecule has 0 unspecified atom stereocenters. The van der Waals surface area contributed by atoms with Crippen molar-refractivity contribution in [3.63, 3.8) is 0 Å². The maximum Gasteiger partial charge on any atom is 0.132 e. The molecule has 0 aromatic heterocycles. The van der Waals surface area contributed by atoms with Gasteiger partial charge in [-0.3, -0.25) is 4.90 Å². The Hall–Kier alpha value is -1.22. The van der Waals surface area contributed by atoms with Gasteiger partial charge in [0.15, 0.2) is 0 Å². The zero-order valence-corrected chi connectivity index (χ0v) is 11.1. The van der Waals surface area contributed by atoms with Crippen molar-refractivity contribution in [2.45, 2.75) is 12.5 Å². The van der Waals surface area contributed by atoms with Crippen LogP contribution in [-0.2, 0) is 0 Å². The summed E-state index contributed by atoms with van der Waals surface area (Å²) in [6.07, 6.45) is 0.0511. The summed E-state index contributed by atoms with van der Waals surface area (Å²) in [7, 11) is 0. The summed E-state index contributed by atoms with van der Waals surface area (Å²) in [4.78, 5) is 1.93. The van der Waals surface area contributed by atoms with E-state index in [1.807, 2.05) is 11.0 Å². The molecule has 19 heavy (non-hydrogen) atoms. The number of piperazine rings is 1. The Bertz CT molecular complexity index is 472. The molecule has 3 nitrogen and oxygen atoms in total. The number of hydrogen-bond donors (Lipinski definition) is 1. The monoisotopic (exact) mass is 285 g/mol. The molecule has 0 spiro atoms. The minimum atomic E-state index is -0.691. The molecule has 1 atom stereocenters. The van der Waals surface area contributed by atoms with Crippen molar-refractivity contribution < 1.29 is 8.78 Å². The molecule has 0 saturated carbocycles. The lowest BCUT2D eigenvalue weighted by atomic mass is 10.0. The standard InChI is InChI=1S/C13H14ClF2N3/c14-9-7-10(15)13(11(16)8-9)12(1-2-17)19-5-3-18-4-6-19/h7-8,12,18H,1,3-6H2/t12-/m0/s1. The number of nitrogens with one attached hydrogen (secondary N) is 1. The van der Waals surface area contributed by atoms with Crippen LogP contribution in [-0.4, -0.2) is 31.1 Å². The zero-order valence-electron chi connectivity index (χ0n) is 10.3. The van der Waals surface area contributed by atoms with E-state index in [1.54, 1.807) is 0 Å². The summed E-state index contributed by atoms with van der Waals surface area (Å²) < 4.78 is 27.9. The SMILES string of the molecule is N#CC[C@@H](c1c(F)cc(Cl)cc1F)N1CCNCC1. The molecule has 1 heterocycles. The van der Waals surface area contributed by atoms with E-state index in [2.05, 4.69) is 5.32 Å². The highest BCUT2D eigenvalue weighted by Gasteiger charge is 2.27. The predicted molar refractivity (Wildman–Crippen MR) is 68.8 cm³/mol. The largest absolute Gasteiger partial charge is 0.314 e. The van der Waals surface area contributed by atoms with E-state index in [-0.39, 0.29) is 17.0 Å². The van der Waals surface area contributed by atoms with E-state index >= 15 is 0 Å². The van der Waals surface area contributed by atoms with Gasteiger partial charge in [-0.05, 0) is 12.1 Å². The van der Waals surface area contributed by atoms with Gasteiger partial charge in [0, 0.05) is 36.8 Å². The second-order valence-corrected chi connectivity index (χ2v) is 4.88. The van der Waals surface area contributed by atoms with Crippen molar-refractivity contribution >= 4 is 11.6 Å². The quantitative estimate of drug-likeness (QED) is 0.927. The van der Waals surface area contributed by atoms with Gasteiger partial charge < -0.3 is 5.32 Å². The lowest BCUT2D eigenvalue weighted by Crippen LogP contribution is -2.45. The fourth-order valence-electron chi connectivity index (χ4n) is 2.37. The minimum absolute atomic E-state index is 0.0229. The van der Waals surface area contributed by atoms with Gasteiger partial charge in [-0.1, -0.05) is 11.6 Å². The summed E-state index contributed by atoms with van der Waals surface area (Å²) in [5, 5.41) is 12.1. The molecular formula is C13H14ClF2N3. The van der Waals surface area contributed by atoms with Crippen LogP contribution in [0.25, 0.3) is 0 Å². The normalized spacial score (nSPS) is 18.0. The Morgan fingerprint density at radius 2 is 1.89 bits per heavy atom. The van der Waals surface area contributed by atoms with Crippen LogP contribution in [0.15, 0.2) is 12.1 Å². The smallest absolute Gasteiger partial charge is 0.132 e. The van der Waals surface area contributed by atoms with E-state index in [1.165, 1.54) is 0 Å². The number of nitrogens with zero attached hydrogens (tertiary/aromatic N) is 2. The molecule has 0 bridgehead atoms. The van der Waals surface area contributed by atoms with Crippen LogP contribution < -0.4 is 5.32 Å². The summed E-state index contributed by atoms with van der Waals surface area (Å²) in [5.41, 5.74) is -0.0622. The number of nitriles is 1. The molecular weight excluding hydrogens is 272 g/mol. The molecule has 1 fully saturated rings. The van der Waals surface area contributed by atoms with Gasteiger partial charge in [0.1, 0.15) is 11.6 Å². The lowest BCUT2D eigenvalue weighted by Gasteiger charge is -2.34. The molecule has 1 aromatic rings. The van der Waals surface area contributed by atoms with Crippen LogP contribution in [0.5, 0.6) is 0 Å². The third-order valence-electron chi connectivity index (χ3n) is 3.25. The lowest BCUT2D eigenvalue weighted by molar-refractivity contribution is 0.169. The van der Waals surface area contributed by atoms with Crippen molar-refractivity contribution in [2.24, 2.45) is 0 Å². The van der Waals surface area contributed by atoms with E-state index in [0.717, 1.165) is 25.2 Å². The van der Waals surface area contributed by atoms with E-state index in [0.29, 0.717) is 13.1 Å². The highest BCUT2D eigenvalue weighted by molar-refractivity contribution is 6.30. The minimum Gasteiger partial charge on any atom is -0.314 e. The molecule has 2 rings (SSSR count). The topological polar surface area (TPSA) is 39.1 Å². The first-order valence-electron chi connectivity index (χ1n) is 6.09. The van der Waals surface area contributed by atoms with E-state index in [4.69, 9.17) is 16.9 Å². The van der Waals surface area contributed by atoms with Crippen molar-refractivity contribution in [3.05, 3.63) is 34.4 Å². The molecule has 0 aliphatic carbocycles. The summed E-state index contributed by atoms with van der Waals surface area (Å²) >= 11 is 5.62. The van der Waals surface area contributed by atoms with Crippen LogP contribution >= 0.6 is 11.6 Å². The fraction of sp³-hybridized carbons (Fsp3) is 0.462. The Labute approximate surface area is 115 Å². The Morgan fingerprint density at radius 3 is 2.42 bits per heavy atom. The van der Waals surface area contributed by atoms with Crippen LogP contribution in [0.1, 0.15) is 18.0 Å². The van der Waals surface area contributed by atoms with Gasteiger partial charge in [-0.15, -0.1) is 0 Å². The molecule has 1 N–H and O–H groups in total. The van der Waals surface area contributed by atoms with E-state index < -0.39 is 17.7 Å². The molecule has 1 aliphatic heterocycles. The second kappa shape index (κ2) is 6.29. The summed E-state index contributed by atoms with van der Waals surface area (Å²) in [6, 6.07) is 3.62. The third kappa shape index (κ3) is 3.21. The summed E-state index contributed by atoms with van der Waals surface area (Å²) in [5.74, 6) is -1.38. The fourth-order valence-corrected chi connectivity index (χ4v) is 2.56. The van der Waals surface area contributed by atoms with Gasteiger partial charge in [0.25, 0.3) is 0 Å². The number of halogens is 3. The highest BCUT2D eigenvalue weighted by Crippen LogP contribution is 2.30. The molecule has 1 aromatic carbocycles. The van der Waals surface area contributed by atoms with Crippen LogP contribution in [0.4, 0.5) is 8.78 Å². The average Bonchev–Trinajstić information content (AvgIpc) is 2.37. The number of benzene rings is 1. The molecule has 0 amide bonds. The Balaban J connectivity index is 2.36. The van der Waals surface area contributed by atoms with Gasteiger partial charge >= 0.3 is 0 Å². The van der Waals surface area contributed by atoms with Gasteiger partial charge in [-0.25, -0.2) is 8.78 Å². The van der Waals surface area contributed by atoms with Crippen molar-refractivity contribution in [1.29, 1.82) is 5.26 Å². The van der Waals surface area contributed by atoms with Gasteiger partial charge in [-0.2, -0.15) is 5.26 Å². The molecule has 0 radical (unpaired) electrons. The Kier molecular flexibility index (Phi) is 4.70. The van der Waals surface area contributed by atoms with E-state index in [9.17, 15) is 8.78 Å². The van der Waals surface area contributed by atoms with Gasteiger partial charge in [0.2, 0.25) is 0 Å². The molecule has 1 saturated heterocycles. The Morgan fingerprint density at radius 1 is 1.32 bits per heavy atom. The molecule has 102 valence electrons. The van der Waals surface area contributed by atoms with Crippen LogP contribution in [0.3, 0.4) is 0 Å². The maximum absolute atomic E-state index is 14.0. The predicted octanol–water partition coefficient (Wildman–Crippen LogP) is 2.48. The average molecular weight is 286 g/mol. The molecule has 6 heteroatoms. The first kappa shape index (κ1) is 14.2. The molecule has 1 aliphatic rings. The number of rotatable bonds is 3. The van der Waals surface area contributed by atoms with Crippen LogP contribution in [0, 0.1) is 23.0 Å². The van der Waals surface area contributed by atoms with Crippen molar-refractivity contribution in [2.75, 3.05) is 26.2 Å². The van der Waals surface area contributed by atoms with Crippen molar-refractivity contribution in [3.8, 4) is 6.07 Å². The second-order valence-electron chi connectivity index (χ2n) is 4.45. The van der Waals surface area contributed by atoms with Gasteiger partial charge in [0.05, 0.1) is 18.5 Å². The van der Waals surface area contributed by atoms with Crippen LogP contribution in [0.2, 0.25) is 5.02 Å². The first-order valence-corrected chi connectivity index (χ1v) is 6.47. The van der Waals surface area contributed by atoms with Crippen molar-refractivity contribution in [1.82, 2.24) is 10.2 Å². The summed E-state index contributed by atoms with van der Waals surface area (Å²) in [6.45, 7) is 2.82. The highest BCUT2D eigenvalue weighted by atomic mass is 35.5. The maximum atomic E-state index is 14.0. The first-order chi connectivity index (χ1) is 9.13. The zero-order chi connectivity index (χ0) is 13.8.